The third-order valence-corrected chi connectivity index (χ3v) is 8.35. The molecule has 0 radical (unpaired) electrons. The van der Waals surface area contributed by atoms with Gasteiger partial charge in [-0.05, 0) is 96.7 Å². The first-order valence-corrected chi connectivity index (χ1v) is 13.1. The van der Waals surface area contributed by atoms with Crippen LogP contribution in [-0.2, 0) is 6.61 Å². The van der Waals surface area contributed by atoms with Crippen LogP contribution in [0.1, 0.15) is 68.9 Å². The maximum absolute atomic E-state index is 15.2. The Morgan fingerprint density at radius 3 is 2.06 bits per heavy atom. The molecule has 0 aromatic heterocycles. The SMILES string of the molecule is CCC1CC[C@@H]2C[C@H](c3cc(F)c(-c4cc(F)c(OCc5ccccc5)c(F)c4)c(F)c3)CC[C@@H]2C1. The molecule has 0 heterocycles. The third kappa shape index (κ3) is 5.16. The average Bonchev–Trinajstić information content (AvgIpc) is 2.87. The molecule has 3 aromatic carbocycles. The lowest BCUT2D eigenvalue weighted by atomic mass is 9.63. The van der Waals surface area contributed by atoms with Crippen molar-refractivity contribution in [3.8, 4) is 16.9 Å². The quantitative estimate of drug-likeness (QED) is 0.309. The maximum atomic E-state index is 15.2. The molecule has 5 rings (SSSR count). The fourth-order valence-electron chi connectivity index (χ4n) is 6.34. The van der Waals surface area contributed by atoms with Gasteiger partial charge in [-0.25, -0.2) is 17.6 Å². The molecule has 0 aliphatic heterocycles. The highest BCUT2D eigenvalue weighted by atomic mass is 19.1. The van der Waals surface area contributed by atoms with Gasteiger partial charge in [0.15, 0.2) is 17.4 Å². The molecular weight excluding hydrogens is 464 g/mol. The molecule has 0 amide bonds. The van der Waals surface area contributed by atoms with E-state index in [4.69, 9.17) is 4.74 Å². The Labute approximate surface area is 210 Å². The molecule has 2 saturated carbocycles. The Bertz CT molecular complexity index is 1160. The maximum Gasteiger partial charge on any atom is 0.191 e. The third-order valence-electron chi connectivity index (χ3n) is 8.35. The van der Waals surface area contributed by atoms with Gasteiger partial charge < -0.3 is 4.74 Å². The van der Waals surface area contributed by atoms with E-state index in [1.807, 2.05) is 6.07 Å². The summed E-state index contributed by atoms with van der Waals surface area (Å²) in [4.78, 5) is 0. The van der Waals surface area contributed by atoms with Crippen molar-refractivity contribution in [2.45, 2.75) is 64.4 Å². The van der Waals surface area contributed by atoms with Crippen molar-refractivity contribution >= 4 is 0 Å². The van der Waals surface area contributed by atoms with Gasteiger partial charge in [0.05, 0.1) is 5.56 Å². The van der Waals surface area contributed by atoms with Crippen LogP contribution in [-0.4, -0.2) is 0 Å². The number of halogens is 4. The van der Waals surface area contributed by atoms with Crippen LogP contribution in [0, 0.1) is 41.0 Å². The van der Waals surface area contributed by atoms with Crippen molar-refractivity contribution in [1.29, 1.82) is 0 Å². The van der Waals surface area contributed by atoms with Crippen molar-refractivity contribution < 1.29 is 22.3 Å². The van der Waals surface area contributed by atoms with Crippen LogP contribution in [0.4, 0.5) is 17.6 Å². The molecule has 2 aliphatic rings. The Morgan fingerprint density at radius 2 is 1.39 bits per heavy atom. The van der Waals surface area contributed by atoms with E-state index in [0.29, 0.717) is 11.5 Å². The predicted molar refractivity (Wildman–Crippen MR) is 134 cm³/mol. The zero-order chi connectivity index (χ0) is 25.2. The molecule has 1 unspecified atom stereocenters. The highest BCUT2D eigenvalue weighted by Crippen LogP contribution is 2.48. The minimum Gasteiger partial charge on any atom is -0.483 e. The largest absolute Gasteiger partial charge is 0.483 e. The first-order valence-electron chi connectivity index (χ1n) is 13.1. The average molecular weight is 497 g/mol. The fraction of sp³-hybridized carbons (Fsp3) is 0.419. The summed E-state index contributed by atoms with van der Waals surface area (Å²) >= 11 is 0. The first kappa shape index (κ1) is 24.9. The van der Waals surface area contributed by atoms with E-state index in [1.165, 1.54) is 37.8 Å². The molecule has 2 aliphatic carbocycles. The lowest BCUT2D eigenvalue weighted by Gasteiger charge is -2.42. The van der Waals surface area contributed by atoms with Gasteiger partial charge in [0.1, 0.15) is 18.2 Å². The van der Waals surface area contributed by atoms with Crippen molar-refractivity contribution in [1.82, 2.24) is 0 Å². The fourth-order valence-corrected chi connectivity index (χ4v) is 6.34. The Kier molecular flexibility index (Phi) is 7.36. The Balaban J connectivity index is 1.34. The van der Waals surface area contributed by atoms with Crippen molar-refractivity contribution in [3.63, 3.8) is 0 Å². The zero-order valence-electron chi connectivity index (χ0n) is 20.6. The monoisotopic (exact) mass is 496 g/mol. The van der Waals surface area contributed by atoms with Crippen LogP contribution < -0.4 is 4.74 Å². The minimum absolute atomic E-state index is 0.0201. The van der Waals surface area contributed by atoms with E-state index in [2.05, 4.69) is 6.92 Å². The summed E-state index contributed by atoms with van der Waals surface area (Å²) < 4.78 is 65.2. The summed E-state index contributed by atoms with van der Waals surface area (Å²) in [6.45, 7) is 2.24. The second-order valence-corrected chi connectivity index (χ2v) is 10.5. The molecule has 0 spiro atoms. The summed E-state index contributed by atoms with van der Waals surface area (Å²) in [5.41, 5.74) is 0.803. The summed E-state index contributed by atoms with van der Waals surface area (Å²) in [6, 6.07) is 13.6. The van der Waals surface area contributed by atoms with Crippen molar-refractivity contribution in [2.24, 2.45) is 17.8 Å². The summed E-state index contributed by atoms with van der Waals surface area (Å²) in [5.74, 6) is -1.87. The van der Waals surface area contributed by atoms with Gasteiger partial charge >= 0.3 is 0 Å². The number of benzene rings is 3. The van der Waals surface area contributed by atoms with E-state index >= 15 is 8.78 Å². The van der Waals surface area contributed by atoms with Crippen LogP contribution in [0.15, 0.2) is 54.6 Å². The molecule has 2 fully saturated rings. The molecule has 4 atom stereocenters. The summed E-state index contributed by atoms with van der Waals surface area (Å²) in [5, 5.41) is 0. The highest BCUT2D eigenvalue weighted by molar-refractivity contribution is 5.66. The van der Waals surface area contributed by atoms with E-state index in [1.54, 1.807) is 24.3 Å². The number of rotatable bonds is 6. The van der Waals surface area contributed by atoms with Crippen LogP contribution in [0.2, 0.25) is 0 Å². The van der Waals surface area contributed by atoms with Crippen LogP contribution in [0.3, 0.4) is 0 Å². The van der Waals surface area contributed by atoms with Gasteiger partial charge in [-0.2, -0.15) is 0 Å². The van der Waals surface area contributed by atoms with Crippen molar-refractivity contribution in [2.75, 3.05) is 0 Å². The number of hydrogen-bond donors (Lipinski definition) is 0. The van der Waals surface area contributed by atoms with Gasteiger partial charge in [0.2, 0.25) is 0 Å². The lowest BCUT2D eigenvalue weighted by Crippen LogP contribution is -2.30. The van der Waals surface area contributed by atoms with E-state index in [0.717, 1.165) is 48.8 Å². The number of hydrogen-bond acceptors (Lipinski definition) is 1. The molecule has 0 saturated heterocycles. The van der Waals surface area contributed by atoms with Gasteiger partial charge in [0.25, 0.3) is 0 Å². The standard InChI is InChI=1S/C31H32F4O/c1-2-19-8-9-22-13-23(11-10-21(22)12-19)24-14-26(32)30(27(33)15-24)25-16-28(34)31(29(35)17-25)36-18-20-6-4-3-5-7-20/h3-7,14-17,19,21-23H,2,8-13,18H2,1H3/t19?,21-,22-,23-/m1/s1. The topological polar surface area (TPSA) is 9.23 Å². The van der Waals surface area contributed by atoms with Gasteiger partial charge in [-0.1, -0.05) is 50.1 Å². The molecule has 36 heavy (non-hydrogen) atoms. The minimum atomic E-state index is -0.996. The Hall–Kier alpha value is -2.82. The molecule has 0 bridgehead atoms. The van der Waals surface area contributed by atoms with E-state index in [9.17, 15) is 8.78 Å². The van der Waals surface area contributed by atoms with Crippen LogP contribution in [0.5, 0.6) is 5.75 Å². The van der Waals surface area contributed by atoms with E-state index in [-0.39, 0.29) is 18.1 Å². The molecule has 0 N–H and O–H groups in total. The van der Waals surface area contributed by atoms with E-state index < -0.39 is 34.6 Å². The van der Waals surface area contributed by atoms with Gasteiger partial charge in [0, 0.05) is 0 Å². The molecule has 5 heteroatoms. The normalized spacial score (nSPS) is 23.8. The van der Waals surface area contributed by atoms with Gasteiger partial charge in [-0.3, -0.25) is 0 Å². The first-order chi connectivity index (χ1) is 17.4. The molecule has 190 valence electrons. The van der Waals surface area contributed by atoms with Crippen molar-refractivity contribution in [3.05, 3.63) is 89.0 Å². The highest BCUT2D eigenvalue weighted by Gasteiger charge is 2.36. The number of fused-ring (bicyclic) bond motifs is 1. The second-order valence-electron chi connectivity index (χ2n) is 10.5. The number of ether oxygens (including phenoxy) is 1. The Morgan fingerprint density at radius 1 is 0.750 bits per heavy atom. The van der Waals surface area contributed by atoms with Crippen LogP contribution >= 0.6 is 0 Å². The molecular formula is C31H32F4O. The second kappa shape index (κ2) is 10.7. The summed E-state index contributed by atoms with van der Waals surface area (Å²) in [6.07, 6.45) is 7.91. The zero-order valence-corrected chi connectivity index (χ0v) is 20.6. The van der Waals surface area contributed by atoms with Crippen LogP contribution in [0.25, 0.3) is 11.1 Å². The van der Waals surface area contributed by atoms with Gasteiger partial charge in [-0.15, -0.1) is 0 Å². The molecule has 1 nitrogen and oxygen atoms in total. The predicted octanol–water partition coefficient (Wildman–Crippen LogP) is 9.20. The summed E-state index contributed by atoms with van der Waals surface area (Å²) in [7, 11) is 0. The molecule has 3 aromatic rings. The smallest absolute Gasteiger partial charge is 0.191 e. The lowest BCUT2D eigenvalue weighted by molar-refractivity contribution is 0.116.